The molecule has 1 aliphatic heterocycles. The molecule has 1 fully saturated rings. The van der Waals surface area contributed by atoms with E-state index in [1.807, 2.05) is 12.1 Å². The molecular weight excluding hydrogens is 250 g/mol. The zero-order valence-corrected chi connectivity index (χ0v) is 12.9. The van der Waals surface area contributed by atoms with Gasteiger partial charge in [0.1, 0.15) is 5.75 Å². The largest absolute Gasteiger partial charge is 0.496 e. The Morgan fingerprint density at radius 3 is 2.45 bits per heavy atom. The van der Waals surface area contributed by atoms with Gasteiger partial charge in [0, 0.05) is 50.9 Å². The average molecular weight is 277 g/mol. The van der Waals surface area contributed by atoms with Crippen LogP contribution in [0.4, 0.5) is 0 Å². The molecule has 0 amide bonds. The van der Waals surface area contributed by atoms with Crippen LogP contribution in [0.2, 0.25) is 0 Å². The van der Waals surface area contributed by atoms with E-state index in [1.165, 1.54) is 11.1 Å². The van der Waals surface area contributed by atoms with E-state index in [0.29, 0.717) is 12.6 Å². The summed E-state index contributed by atoms with van der Waals surface area (Å²) < 4.78 is 5.47. The summed E-state index contributed by atoms with van der Waals surface area (Å²) in [5.41, 5.74) is 8.15. The highest BCUT2D eigenvalue weighted by Gasteiger charge is 2.19. The van der Waals surface area contributed by atoms with Gasteiger partial charge < -0.3 is 10.5 Å². The number of nitrogens with zero attached hydrogens (tertiary/aromatic N) is 2. The Morgan fingerprint density at radius 1 is 1.20 bits per heavy atom. The first-order valence-corrected chi connectivity index (χ1v) is 7.46. The topological polar surface area (TPSA) is 41.7 Å². The third kappa shape index (κ3) is 3.72. The number of piperazine rings is 1. The molecule has 1 aromatic rings. The molecule has 0 unspecified atom stereocenters. The van der Waals surface area contributed by atoms with Crippen LogP contribution in [0.25, 0.3) is 0 Å². The van der Waals surface area contributed by atoms with E-state index in [9.17, 15) is 0 Å². The quantitative estimate of drug-likeness (QED) is 0.889. The van der Waals surface area contributed by atoms with Gasteiger partial charge in [0.05, 0.1) is 7.11 Å². The molecule has 1 aliphatic rings. The number of hydrogen-bond donors (Lipinski definition) is 1. The van der Waals surface area contributed by atoms with Crippen molar-refractivity contribution in [2.24, 2.45) is 5.73 Å². The van der Waals surface area contributed by atoms with Crippen LogP contribution >= 0.6 is 0 Å². The molecule has 2 rings (SSSR count). The Bertz CT molecular complexity index is 426. The molecule has 2 N–H and O–H groups in total. The van der Waals surface area contributed by atoms with Gasteiger partial charge in [-0.3, -0.25) is 9.80 Å². The molecule has 0 bridgehead atoms. The van der Waals surface area contributed by atoms with Crippen LogP contribution in [-0.4, -0.2) is 49.1 Å². The minimum absolute atomic E-state index is 0.581. The van der Waals surface area contributed by atoms with Gasteiger partial charge in [0.15, 0.2) is 0 Å². The van der Waals surface area contributed by atoms with E-state index in [0.717, 1.165) is 38.5 Å². The molecule has 1 saturated heterocycles. The third-order valence-corrected chi connectivity index (χ3v) is 4.11. The van der Waals surface area contributed by atoms with Crippen molar-refractivity contribution in [3.63, 3.8) is 0 Å². The maximum absolute atomic E-state index is 5.73. The maximum atomic E-state index is 5.73. The van der Waals surface area contributed by atoms with Crippen molar-refractivity contribution in [3.05, 3.63) is 29.3 Å². The normalized spacial score (nSPS) is 17.6. The first kappa shape index (κ1) is 15.3. The minimum atomic E-state index is 0.581. The highest BCUT2D eigenvalue weighted by Crippen LogP contribution is 2.22. The monoisotopic (exact) mass is 277 g/mol. The molecule has 1 heterocycles. The number of hydrogen-bond acceptors (Lipinski definition) is 4. The minimum Gasteiger partial charge on any atom is -0.496 e. The van der Waals surface area contributed by atoms with Gasteiger partial charge in [-0.2, -0.15) is 0 Å². The van der Waals surface area contributed by atoms with Crippen molar-refractivity contribution >= 4 is 0 Å². The molecule has 0 radical (unpaired) electrons. The van der Waals surface area contributed by atoms with Crippen LogP contribution in [0.3, 0.4) is 0 Å². The fraction of sp³-hybridized carbons (Fsp3) is 0.625. The lowest BCUT2D eigenvalue weighted by Gasteiger charge is -2.37. The van der Waals surface area contributed by atoms with Gasteiger partial charge in [0.2, 0.25) is 0 Å². The molecule has 112 valence electrons. The number of methoxy groups -OCH3 is 1. The Morgan fingerprint density at radius 2 is 1.90 bits per heavy atom. The van der Waals surface area contributed by atoms with Crippen molar-refractivity contribution in [3.8, 4) is 5.75 Å². The highest BCUT2D eigenvalue weighted by molar-refractivity contribution is 5.37. The molecule has 20 heavy (non-hydrogen) atoms. The van der Waals surface area contributed by atoms with Crippen LogP contribution in [-0.2, 0) is 13.1 Å². The summed E-state index contributed by atoms with van der Waals surface area (Å²) in [5, 5.41) is 0. The Balaban J connectivity index is 2.00. The lowest BCUT2D eigenvalue weighted by Crippen LogP contribution is -2.48. The first-order valence-electron chi connectivity index (χ1n) is 7.46. The molecular formula is C16H27N3O. The van der Waals surface area contributed by atoms with Gasteiger partial charge in [-0.1, -0.05) is 6.07 Å². The molecule has 0 atom stereocenters. The number of ether oxygens (including phenoxy) is 1. The summed E-state index contributed by atoms with van der Waals surface area (Å²) in [5.74, 6) is 0.966. The first-order chi connectivity index (χ1) is 9.63. The van der Waals surface area contributed by atoms with Gasteiger partial charge in [-0.05, 0) is 31.5 Å². The van der Waals surface area contributed by atoms with E-state index in [1.54, 1.807) is 7.11 Å². The van der Waals surface area contributed by atoms with Gasteiger partial charge in [-0.25, -0.2) is 0 Å². The van der Waals surface area contributed by atoms with E-state index in [4.69, 9.17) is 10.5 Å². The van der Waals surface area contributed by atoms with Crippen LogP contribution < -0.4 is 10.5 Å². The molecule has 4 heteroatoms. The second kappa shape index (κ2) is 7.07. The van der Waals surface area contributed by atoms with E-state index in [-0.39, 0.29) is 0 Å². The summed E-state index contributed by atoms with van der Waals surface area (Å²) >= 11 is 0. The fourth-order valence-electron chi connectivity index (χ4n) is 2.76. The Hall–Kier alpha value is -1.10. The van der Waals surface area contributed by atoms with Crippen LogP contribution in [0.1, 0.15) is 25.0 Å². The molecule has 4 nitrogen and oxygen atoms in total. The zero-order chi connectivity index (χ0) is 14.5. The molecule has 0 aliphatic carbocycles. The van der Waals surface area contributed by atoms with E-state index < -0.39 is 0 Å². The number of rotatable bonds is 5. The second-order valence-electron chi connectivity index (χ2n) is 5.76. The van der Waals surface area contributed by atoms with E-state index in [2.05, 4.69) is 29.7 Å². The lowest BCUT2D eigenvalue weighted by molar-refractivity contribution is 0.103. The maximum Gasteiger partial charge on any atom is 0.123 e. The summed E-state index contributed by atoms with van der Waals surface area (Å²) in [6.07, 6.45) is 0. The van der Waals surface area contributed by atoms with Gasteiger partial charge in [-0.15, -0.1) is 0 Å². The number of nitrogens with two attached hydrogens (primary N) is 1. The van der Waals surface area contributed by atoms with Gasteiger partial charge in [0.25, 0.3) is 0 Å². The van der Waals surface area contributed by atoms with Gasteiger partial charge >= 0.3 is 0 Å². The Labute approximate surface area is 122 Å². The lowest BCUT2D eigenvalue weighted by atomic mass is 10.1. The molecule has 1 aromatic carbocycles. The SMILES string of the molecule is COc1ccc(CN)cc1CN1CCN(C(C)C)CC1. The van der Waals surface area contributed by atoms with Crippen molar-refractivity contribution < 1.29 is 4.74 Å². The van der Waals surface area contributed by atoms with Crippen molar-refractivity contribution in [1.82, 2.24) is 9.80 Å². The summed E-state index contributed by atoms with van der Waals surface area (Å²) in [6.45, 7) is 10.6. The molecule has 0 spiro atoms. The van der Waals surface area contributed by atoms with Crippen molar-refractivity contribution in [2.75, 3.05) is 33.3 Å². The van der Waals surface area contributed by atoms with Crippen LogP contribution in [0.15, 0.2) is 18.2 Å². The number of benzene rings is 1. The molecule has 0 saturated carbocycles. The zero-order valence-electron chi connectivity index (χ0n) is 12.9. The van der Waals surface area contributed by atoms with E-state index >= 15 is 0 Å². The van der Waals surface area contributed by atoms with Crippen LogP contribution in [0, 0.1) is 0 Å². The van der Waals surface area contributed by atoms with Crippen LogP contribution in [0.5, 0.6) is 5.75 Å². The summed E-state index contributed by atoms with van der Waals surface area (Å²) in [7, 11) is 1.73. The third-order valence-electron chi connectivity index (χ3n) is 4.11. The summed E-state index contributed by atoms with van der Waals surface area (Å²) in [4.78, 5) is 5.03. The Kier molecular flexibility index (Phi) is 5.40. The second-order valence-corrected chi connectivity index (χ2v) is 5.76. The predicted octanol–water partition coefficient (Wildman–Crippen LogP) is 1.68. The van der Waals surface area contributed by atoms with Crippen molar-refractivity contribution in [1.29, 1.82) is 0 Å². The van der Waals surface area contributed by atoms with Crippen molar-refractivity contribution in [2.45, 2.75) is 33.0 Å². The summed E-state index contributed by atoms with van der Waals surface area (Å²) in [6, 6.07) is 6.89. The fourth-order valence-corrected chi connectivity index (χ4v) is 2.76. The highest BCUT2D eigenvalue weighted by atomic mass is 16.5. The molecule has 0 aromatic heterocycles. The standard InChI is InChI=1S/C16H27N3O/c1-13(2)19-8-6-18(7-9-19)12-15-10-14(11-17)4-5-16(15)20-3/h4-5,10,13H,6-9,11-12,17H2,1-3H3. The predicted molar refractivity (Wildman–Crippen MR) is 82.9 cm³/mol. The smallest absolute Gasteiger partial charge is 0.123 e. The average Bonchev–Trinajstić information content (AvgIpc) is 2.47.